The minimum atomic E-state index is -0.225. The van der Waals surface area contributed by atoms with Gasteiger partial charge in [-0.25, -0.2) is 0 Å². The fourth-order valence-electron chi connectivity index (χ4n) is 3.05. The normalized spacial score (nSPS) is 27.1. The molecule has 0 spiro atoms. The molecule has 2 unspecified atom stereocenters. The van der Waals surface area contributed by atoms with E-state index in [1.807, 2.05) is 0 Å². The van der Waals surface area contributed by atoms with E-state index in [1.54, 1.807) is 0 Å². The van der Waals surface area contributed by atoms with Crippen molar-refractivity contribution in [2.75, 3.05) is 39.3 Å². The SMILES string of the molecule is CCCNC(CN1CCN2CCCC2C1)C(N)=O. The van der Waals surface area contributed by atoms with E-state index < -0.39 is 0 Å². The lowest BCUT2D eigenvalue weighted by molar-refractivity contribution is -0.120. The third-order valence-electron chi connectivity index (χ3n) is 4.10. The zero-order chi connectivity index (χ0) is 13.0. The van der Waals surface area contributed by atoms with E-state index in [-0.39, 0.29) is 11.9 Å². The van der Waals surface area contributed by atoms with Gasteiger partial charge in [-0.1, -0.05) is 6.92 Å². The van der Waals surface area contributed by atoms with Crippen LogP contribution in [-0.2, 0) is 4.79 Å². The highest BCUT2D eigenvalue weighted by Gasteiger charge is 2.31. The van der Waals surface area contributed by atoms with Crippen molar-refractivity contribution in [3.63, 3.8) is 0 Å². The number of piperazine rings is 1. The molecule has 0 aliphatic carbocycles. The number of carbonyl (C=O) groups excluding carboxylic acids is 1. The second-order valence-corrected chi connectivity index (χ2v) is 5.50. The van der Waals surface area contributed by atoms with Crippen molar-refractivity contribution < 1.29 is 4.79 Å². The number of primary amides is 1. The fraction of sp³-hybridized carbons (Fsp3) is 0.923. The van der Waals surface area contributed by atoms with Gasteiger partial charge in [-0.2, -0.15) is 0 Å². The van der Waals surface area contributed by atoms with Gasteiger partial charge in [-0.15, -0.1) is 0 Å². The van der Waals surface area contributed by atoms with Crippen LogP contribution in [0.3, 0.4) is 0 Å². The molecule has 0 radical (unpaired) electrons. The van der Waals surface area contributed by atoms with Gasteiger partial charge >= 0.3 is 0 Å². The molecule has 0 aromatic rings. The summed E-state index contributed by atoms with van der Waals surface area (Å²) in [5, 5.41) is 3.25. The number of fused-ring (bicyclic) bond motifs is 1. The van der Waals surface area contributed by atoms with Crippen LogP contribution in [0.15, 0.2) is 0 Å². The Hall–Kier alpha value is -0.650. The molecular formula is C13H26N4O. The second kappa shape index (κ2) is 6.50. The topological polar surface area (TPSA) is 61.6 Å². The summed E-state index contributed by atoms with van der Waals surface area (Å²) in [4.78, 5) is 16.4. The highest BCUT2D eigenvalue weighted by molar-refractivity contribution is 5.80. The van der Waals surface area contributed by atoms with Gasteiger partial charge in [0.15, 0.2) is 0 Å². The summed E-state index contributed by atoms with van der Waals surface area (Å²) < 4.78 is 0. The first-order valence-electron chi connectivity index (χ1n) is 7.19. The Labute approximate surface area is 110 Å². The highest BCUT2D eigenvalue weighted by Crippen LogP contribution is 2.21. The third kappa shape index (κ3) is 3.43. The van der Waals surface area contributed by atoms with Crippen LogP contribution in [0.5, 0.6) is 0 Å². The summed E-state index contributed by atoms with van der Waals surface area (Å²) in [5.41, 5.74) is 5.46. The van der Waals surface area contributed by atoms with E-state index >= 15 is 0 Å². The summed E-state index contributed by atoms with van der Waals surface area (Å²) >= 11 is 0. The quantitative estimate of drug-likeness (QED) is 0.678. The van der Waals surface area contributed by atoms with Gasteiger partial charge in [0, 0.05) is 32.2 Å². The van der Waals surface area contributed by atoms with Crippen LogP contribution in [0, 0.1) is 0 Å². The van der Waals surface area contributed by atoms with E-state index in [4.69, 9.17) is 5.73 Å². The number of nitrogens with zero attached hydrogens (tertiary/aromatic N) is 2. The van der Waals surface area contributed by atoms with Crippen molar-refractivity contribution in [3.8, 4) is 0 Å². The van der Waals surface area contributed by atoms with Crippen LogP contribution in [0.2, 0.25) is 0 Å². The van der Waals surface area contributed by atoms with Crippen LogP contribution < -0.4 is 11.1 Å². The number of nitrogens with two attached hydrogens (primary N) is 1. The van der Waals surface area contributed by atoms with E-state index in [1.165, 1.54) is 19.4 Å². The molecule has 18 heavy (non-hydrogen) atoms. The molecule has 2 heterocycles. The van der Waals surface area contributed by atoms with Gasteiger partial charge in [0.25, 0.3) is 0 Å². The van der Waals surface area contributed by atoms with Crippen LogP contribution in [-0.4, -0.2) is 67.1 Å². The first kappa shape index (κ1) is 13.8. The minimum Gasteiger partial charge on any atom is -0.368 e. The number of amides is 1. The molecule has 0 saturated carbocycles. The number of hydrogen-bond donors (Lipinski definition) is 2. The molecule has 5 nitrogen and oxygen atoms in total. The Balaban J connectivity index is 1.81. The molecule has 5 heteroatoms. The lowest BCUT2D eigenvalue weighted by Gasteiger charge is -2.38. The average molecular weight is 254 g/mol. The minimum absolute atomic E-state index is 0.196. The standard InChI is InChI=1S/C13H26N4O/c1-2-5-15-12(13(14)18)10-16-7-8-17-6-3-4-11(17)9-16/h11-12,15H,2-10H2,1H3,(H2,14,18). The van der Waals surface area contributed by atoms with Crippen molar-refractivity contribution in [2.45, 2.75) is 38.3 Å². The lowest BCUT2D eigenvalue weighted by Crippen LogP contribution is -2.56. The van der Waals surface area contributed by atoms with Crippen LogP contribution in [0.4, 0.5) is 0 Å². The first-order valence-corrected chi connectivity index (χ1v) is 7.19. The summed E-state index contributed by atoms with van der Waals surface area (Å²) in [7, 11) is 0. The Kier molecular flexibility index (Phi) is 4.97. The van der Waals surface area contributed by atoms with E-state index in [0.717, 1.165) is 39.1 Å². The number of nitrogens with one attached hydrogen (secondary N) is 1. The van der Waals surface area contributed by atoms with Gasteiger partial charge in [-0.3, -0.25) is 14.6 Å². The van der Waals surface area contributed by atoms with Crippen LogP contribution in [0.1, 0.15) is 26.2 Å². The first-order chi connectivity index (χ1) is 8.70. The largest absolute Gasteiger partial charge is 0.368 e. The highest BCUT2D eigenvalue weighted by atomic mass is 16.1. The molecule has 2 rings (SSSR count). The molecule has 1 amide bonds. The Morgan fingerprint density at radius 2 is 2.28 bits per heavy atom. The van der Waals surface area contributed by atoms with Gasteiger partial charge in [0.2, 0.25) is 5.91 Å². The second-order valence-electron chi connectivity index (χ2n) is 5.50. The lowest BCUT2D eigenvalue weighted by atomic mass is 10.1. The summed E-state index contributed by atoms with van der Waals surface area (Å²) in [6.07, 6.45) is 3.66. The maximum absolute atomic E-state index is 11.4. The number of rotatable bonds is 6. The van der Waals surface area contributed by atoms with E-state index in [2.05, 4.69) is 22.0 Å². The van der Waals surface area contributed by atoms with Crippen LogP contribution >= 0.6 is 0 Å². The molecule has 2 aliphatic rings. The van der Waals surface area contributed by atoms with Gasteiger partial charge in [0.05, 0.1) is 6.04 Å². The Bertz CT molecular complexity index is 284. The summed E-state index contributed by atoms with van der Waals surface area (Å²) in [6, 6.07) is 0.511. The Morgan fingerprint density at radius 1 is 1.44 bits per heavy atom. The van der Waals surface area contributed by atoms with Crippen molar-refractivity contribution in [1.29, 1.82) is 0 Å². The van der Waals surface area contributed by atoms with Gasteiger partial charge in [0.1, 0.15) is 0 Å². The van der Waals surface area contributed by atoms with E-state index in [9.17, 15) is 4.79 Å². The molecule has 2 fully saturated rings. The molecule has 2 aliphatic heterocycles. The zero-order valence-electron chi connectivity index (χ0n) is 11.4. The molecule has 104 valence electrons. The van der Waals surface area contributed by atoms with E-state index in [0.29, 0.717) is 6.04 Å². The molecule has 3 N–H and O–H groups in total. The molecular weight excluding hydrogens is 228 g/mol. The number of hydrogen-bond acceptors (Lipinski definition) is 4. The van der Waals surface area contributed by atoms with Gasteiger partial charge in [-0.05, 0) is 32.4 Å². The van der Waals surface area contributed by atoms with Crippen molar-refractivity contribution in [3.05, 3.63) is 0 Å². The predicted molar refractivity (Wildman–Crippen MR) is 72.3 cm³/mol. The maximum atomic E-state index is 11.4. The fourth-order valence-corrected chi connectivity index (χ4v) is 3.05. The number of carbonyl (C=O) groups is 1. The maximum Gasteiger partial charge on any atom is 0.235 e. The Morgan fingerprint density at radius 3 is 3.00 bits per heavy atom. The zero-order valence-corrected chi connectivity index (χ0v) is 11.4. The van der Waals surface area contributed by atoms with Crippen LogP contribution in [0.25, 0.3) is 0 Å². The average Bonchev–Trinajstić information content (AvgIpc) is 2.81. The molecule has 0 bridgehead atoms. The molecule has 0 aromatic heterocycles. The third-order valence-corrected chi connectivity index (χ3v) is 4.10. The van der Waals surface area contributed by atoms with Crippen molar-refractivity contribution in [2.24, 2.45) is 5.73 Å². The van der Waals surface area contributed by atoms with Gasteiger partial charge < -0.3 is 11.1 Å². The molecule has 2 saturated heterocycles. The smallest absolute Gasteiger partial charge is 0.235 e. The molecule has 0 aromatic carbocycles. The molecule has 2 atom stereocenters. The van der Waals surface area contributed by atoms with Crippen molar-refractivity contribution >= 4 is 5.91 Å². The predicted octanol–water partition coefficient (Wildman–Crippen LogP) is -0.380. The van der Waals surface area contributed by atoms with Crippen molar-refractivity contribution in [1.82, 2.24) is 15.1 Å². The monoisotopic (exact) mass is 254 g/mol. The summed E-state index contributed by atoms with van der Waals surface area (Å²) in [6.45, 7) is 8.28. The summed E-state index contributed by atoms with van der Waals surface area (Å²) in [5.74, 6) is -0.225.